The summed E-state index contributed by atoms with van der Waals surface area (Å²) in [6.45, 7) is 2.46. The van der Waals surface area contributed by atoms with Crippen LogP contribution in [0.4, 0.5) is 11.4 Å². The average molecular weight is 410 g/mol. The molecule has 0 unspecified atom stereocenters. The lowest BCUT2D eigenvalue weighted by Gasteiger charge is -2.08. The first-order valence-corrected chi connectivity index (χ1v) is 8.21. The molecule has 0 aliphatic rings. The Kier molecular flexibility index (Phi) is 6.37. The van der Waals surface area contributed by atoms with Crippen LogP contribution in [0.5, 0.6) is 0 Å². The lowest BCUT2D eigenvalue weighted by molar-refractivity contribution is -0.384. The summed E-state index contributed by atoms with van der Waals surface area (Å²) in [5, 5.41) is 13.2. The number of nitro groups is 1. The fraction of sp³-hybridized carbons (Fsp3) is 0.235. The zero-order valence-corrected chi connectivity index (χ0v) is 15.9. The molecule has 0 bridgehead atoms. The molecule has 1 amide bonds. The number of rotatable bonds is 6. The summed E-state index contributed by atoms with van der Waals surface area (Å²) in [7, 11) is 1.22. The van der Waals surface area contributed by atoms with Gasteiger partial charge < -0.3 is 19.8 Å². The van der Waals surface area contributed by atoms with Gasteiger partial charge in [0.2, 0.25) is 0 Å². The Hall–Kier alpha value is -3.40. The maximum absolute atomic E-state index is 12.2. The number of H-pyrrole nitrogens is 1. The largest absolute Gasteiger partial charge is 0.465 e. The Labute approximate surface area is 163 Å². The molecule has 2 aromatic rings. The van der Waals surface area contributed by atoms with Crippen molar-refractivity contribution < 1.29 is 28.8 Å². The van der Waals surface area contributed by atoms with E-state index in [2.05, 4.69) is 15.0 Å². The Morgan fingerprint density at radius 3 is 2.54 bits per heavy atom. The summed E-state index contributed by atoms with van der Waals surface area (Å²) in [6, 6.07) is 3.54. The van der Waals surface area contributed by atoms with Crippen LogP contribution in [0, 0.1) is 24.0 Å². The number of esters is 2. The first-order valence-electron chi connectivity index (χ1n) is 7.84. The molecule has 148 valence electrons. The number of ether oxygens (including phenoxy) is 2. The monoisotopic (exact) mass is 409 g/mol. The van der Waals surface area contributed by atoms with Crippen molar-refractivity contribution in [2.24, 2.45) is 0 Å². The Morgan fingerprint density at radius 1 is 1.25 bits per heavy atom. The molecule has 11 heteroatoms. The number of carbonyl (C=O) groups excluding carboxylic acids is 3. The third kappa shape index (κ3) is 4.46. The van der Waals surface area contributed by atoms with Gasteiger partial charge in [-0.1, -0.05) is 11.6 Å². The molecule has 0 radical (unpaired) electrons. The van der Waals surface area contributed by atoms with Crippen molar-refractivity contribution in [2.75, 3.05) is 19.0 Å². The number of carbonyl (C=O) groups is 3. The molecule has 2 rings (SSSR count). The molecule has 0 saturated carbocycles. The van der Waals surface area contributed by atoms with Gasteiger partial charge in [0, 0.05) is 17.8 Å². The van der Waals surface area contributed by atoms with E-state index in [1.165, 1.54) is 26.2 Å². The minimum Gasteiger partial charge on any atom is -0.465 e. The second kappa shape index (κ2) is 8.53. The number of hydrogen-bond acceptors (Lipinski definition) is 7. The summed E-state index contributed by atoms with van der Waals surface area (Å²) < 4.78 is 9.59. The van der Waals surface area contributed by atoms with E-state index in [4.69, 9.17) is 16.3 Å². The van der Waals surface area contributed by atoms with Gasteiger partial charge in [-0.2, -0.15) is 0 Å². The van der Waals surface area contributed by atoms with Crippen molar-refractivity contribution in [1.29, 1.82) is 0 Å². The molecule has 1 aromatic heterocycles. The van der Waals surface area contributed by atoms with Crippen LogP contribution in [0.15, 0.2) is 18.2 Å². The summed E-state index contributed by atoms with van der Waals surface area (Å²) in [5.41, 5.74) is 0.725. The van der Waals surface area contributed by atoms with Gasteiger partial charge in [-0.25, -0.2) is 9.59 Å². The topological polar surface area (TPSA) is 141 Å². The average Bonchev–Trinajstić information content (AvgIpc) is 2.95. The Bertz CT molecular complexity index is 968. The van der Waals surface area contributed by atoms with Gasteiger partial charge in [0.15, 0.2) is 6.61 Å². The van der Waals surface area contributed by atoms with Crippen molar-refractivity contribution in [3.8, 4) is 0 Å². The minimum atomic E-state index is -0.851. The van der Waals surface area contributed by atoms with Crippen LogP contribution in [-0.2, 0) is 14.3 Å². The van der Waals surface area contributed by atoms with E-state index in [1.807, 2.05) is 0 Å². The smallest absolute Gasteiger partial charge is 0.355 e. The number of nitro benzene ring substituents is 1. The van der Waals surface area contributed by atoms with E-state index >= 15 is 0 Å². The number of halogens is 1. The quantitative estimate of drug-likeness (QED) is 0.424. The molecule has 0 aliphatic carbocycles. The third-order valence-corrected chi connectivity index (χ3v) is 4.13. The summed E-state index contributed by atoms with van der Waals surface area (Å²) in [6.07, 6.45) is 0. The molecular formula is C17H16ClN3O7. The maximum atomic E-state index is 12.2. The van der Waals surface area contributed by atoms with Crippen molar-refractivity contribution in [2.45, 2.75) is 13.8 Å². The number of hydrogen-bond donors (Lipinski definition) is 2. The van der Waals surface area contributed by atoms with Gasteiger partial charge in [-0.3, -0.25) is 14.9 Å². The van der Waals surface area contributed by atoms with Crippen molar-refractivity contribution in [3.05, 3.63) is 55.9 Å². The van der Waals surface area contributed by atoms with Crippen LogP contribution in [0.3, 0.4) is 0 Å². The fourth-order valence-corrected chi connectivity index (χ4v) is 2.64. The lowest BCUT2D eigenvalue weighted by Crippen LogP contribution is -2.21. The standard InChI is InChI=1S/C17H16ClN3O7/c1-8-14(16(23)27-3)9(2)19-15(8)17(24)28-7-13(22)20-12-6-10(21(25)26)4-5-11(12)18/h4-6,19H,7H2,1-3H3,(H,20,22). The van der Waals surface area contributed by atoms with Gasteiger partial charge in [-0.05, 0) is 25.5 Å². The van der Waals surface area contributed by atoms with Crippen molar-refractivity contribution in [3.63, 3.8) is 0 Å². The van der Waals surface area contributed by atoms with Gasteiger partial charge in [0.25, 0.3) is 11.6 Å². The second-order valence-corrected chi connectivity index (χ2v) is 6.07. The lowest BCUT2D eigenvalue weighted by atomic mass is 10.1. The molecule has 1 heterocycles. The summed E-state index contributed by atoms with van der Waals surface area (Å²) >= 11 is 5.89. The zero-order valence-electron chi connectivity index (χ0n) is 15.1. The highest BCUT2D eigenvalue weighted by Crippen LogP contribution is 2.26. The molecule has 2 N–H and O–H groups in total. The normalized spacial score (nSPS) is 10.3. The van der Waals surface area contributed by atoms with Gasteiger partial charge in [0.05, 0.1) is 28.3 Å². The Morgan fingerprint density at radius 2 is 1.93 bits per heavy atom. The SMILES string of the molecule is COC(=O)c1c(C)[nH]c(C(=O)OCC(=O)Nc2cc([N+](=O)[O-])ccc2Cl)c1C. The number of methoxy groups -OCH3 is 1. The highest BCUT2D eigenvalue weighted by atomic mass is 35.5. The molecule has 0 saturated heterocycles. The van der Waals surface area contributed by atoms with Crippen molar-refractivity contribution in [1.82, 2.24) is 4.98 Å². The predicted molar refractivity (Wildman–Crippen MR) is 98.6 cm³/mol. The van der Waals surface area contributed by atoms with Crippen LogP contribution >= 0.6 is 11.6 Å². The van der Waals surface area contributed by atoms with E-state index in [-0.39, 0.29) is 27.7 Å². The van der Waals surface area contributed by atoms with E-state index in [1.54, 1.807) is 6.92 Å². The number of benzene rings is 1. The first-order chi connectivity index (χ1) is 13.1. The second-order valence-electron chi connectivity index (χ2n) is 5.66. The maximum Gasteiger partial charge on any atom is 0.355 e. The van der Waals surface area contributed by atoms with Crippen LogP contribution in [0.2, 0.25) is 5.02 Å². The molecule has 28 heavy (non-hydrogen) atoms. The zero-order chi connectivity index (χ0) is 21.0. The summed E-state index contributed by atoms with van der Waals surface area (Å²) in [4.78, 5) is 48.8. The van der Waals surface area contributed by atoms with E-state index in [9.17, 15) is 24.5 Å². The van der Waals surface area contributed by atoms with Gasteiger partial charge in [-0.15, -0.1) is 0 Å². The molecule has 10 nitrogen and oxygen atoms in total. The molecule has 0 atom stereocenters. The third-order valence-electron chi connectivity index (χ3n) is 3.80. The highest BCUT2D eigenvalue weighted by molar-refractivity contribution is 6.33. The van der Waals surface area contributed by atoms with Crippen LogP contribution in [0.25, 0.3) is 0 Å². The van der Waals surface area contributed by atoms with Gasteiger partial charge >= 0.3 is 11.9 Å². The number of aryl methyl sites for hydroxylation is 1. The minimum absolute atomic E-state index is 0.0109. The fourth-order valence-electron chi connectivity index (χ4n) is 2.47. The molecule has 1 aromatic carbocycles. The predicted octanol–water partition coefficient (Wildman–Crippen LogP) is 2.78. The van der Waals surface area contributed by atoms with E-state index in [0.29, 0.717) is 11.3 Å². The number of nitrogens with one attached hydrogen (secondary N) is 2. The molecule has 0 spiro atoms. The number of anilines is 1. The molecule has 0 fully saturated rings. The Balaban J connectivity index is 2.06. The number of aromatic nitrogens is 1. The van der Waals surface area contributed by atoms with Crippen molar-refractivity contribution >= 4 is 40.8 Å². The van der Waals surface area contributed by atoms with Gasteiger partial charge in [0.1, 0.15) is 5.69 Å². The van der Waals surface area contributed by atoms with E-state index < -0.39 is 29.4 Å². The number of amides is 1. The molecular weight excluding hydrogens is 394 g/mol. The number of nitrogens with zero attached hydrogens (tertiary/aromatic N) is 1. The van der Waals surface area contributed by atoms with Crippen LogP contribution in [-0.4, -0.2) is 41.5 Å². The number of non-ortho nitro benzene ring substituents is 1. The summed E-state index contributed by atoms with van der Waals surface area (Å²) in [5.74, 6) is -2.20. The first kappa shape index (κ1) is 20.9. The van der Waals surface area contributed by atoms with E-state index in [0.717, 1.165) is 6.07 Å². The highest BCUT2D eigenvalue weighted by Gasteiger charge is 2.24. The van der Waals surface area contributed by atoms with Crippen LogP contribution in [0.1, 0.15) is 32.1 Å². The number of aromatic amines is 1. The molecule has 0 aliphatic heterocycles. The van der Waals surface area contributed by atoms with Crippen LogP contribution < -0.4 is 5.32 Å².